The van der Waals surface area contributed by atoms with Gasteiger partial charge < -0.3 is 15.0 Å². The predicted octanol–water partition coefficient (Wildman–Crippen LogP) is 3.96. The van der Waals surface area contributed by atoms with E-state index in [-0.39, 0.29) is 16.9 Å². The van der Waals surface area contributed by atoms with Gasteiger partial charge in [0.05, 0.1) is 24.7 Å². The van der Waals surface area contributed by atoms with Crippen LogP contribution in [0.2, 0.25) is 5.15 Å². The summed E-state index contributed by atoms with van der Waals surface area (Å²) >= 11 is 6.35. The number of carbonyl (C=O) groups is 1. The molecule has 0 atom stereocenters. The third kappa shape index (κ3) is 3.42. The van der Waals surface area contributed by atoms with Gasteiger partial charge in [0, 0.05) is 34.5 Å². The number of anilines is 1. The summed E-state index contributed by atoms with van der Waals surface area (Å²) in [6.07, 6.45) is 3.52. The fraction of sp³-hybridized carbons (Fsp3) is 0.400. The molecule has 0 radical (unpaired) electrons. The molecule has 0 saturated carbocycles. The minimum atomic E-state index is -0.578. The number of ether oxygens (including phenoxy) is 1. The van der Waals surface area contributed by atoms with Crippen molar-refractivity contribution < 1.29 is 9.53 Å². The molecule has 3 rings (SSSR count). The van der Waals surface area contributed by atoms with Crippen LogP contribution in [-0.4, -0.2) is 32.4 Å². The number of nitrogens with zero attached hydrogens (tertiary/aromatic N) is 4. The molecule has 0 aliphatic rings. The van der Waals surface area contributed by atoms with Gasteiger partial charge in [-0.25, -0.2) is 4.98 Å². The normalized spacial score (nSPS) is 11.8. The molecule has 0 spiro atoms. The highest BCUT2D eigenvalue weighted by molar-refractivity contribution is 6.35. The summed E-state index contributed by atoms with van der Waals surface area (Å²) in [7, 11) is 1.64. The van der Waals surface area contributed by atoms with Crippen LogP contribution in [0.3, 0.4) is 0 Å². The highest BCUT2D eigenvalue weighted by atomic mass is 35.5. The standard InChI is InChI=1S/C20H24ClN5O2/c1-10-7-23-13(11(2)15(10)28-6)9-26-8-12(16(27)20(3,4)5)14-17(21)24-19(22)25-18(14)26/h7-8H,9H2,1-6H3,(H2,22,24,25). The van der Waals surface area contributed by atoms with Crippen LogP contribution < -0.4 is 10.5 Å². The molecule has 8 heteroatoms. The van der Waals surface area contributed by atoms with E-state index < -0.39 is 5.41 Å². The fourth-order valence-electron chi connectivity index (χ4n) is 3.25. The second-order valence-corrected chi connectivity index (χ2v) is 8.23. The highest BCUT2D eigenvalue weighted by Gasteiger charge is 2.29. The Morgan fingerprint density at radius 1 is 1.29 bits per heavy atom. The van der Waals surface area contributed by atoms with E-state index in [1.54, 1.807) is 19.5 Å². The number of ketones is 1. The van der Waals surface area contributed by atoms with E-state index in [0.29, 0.717) is 23.1 Å². The van der Waals surface area contributed by atoms with Crippen LogP contribution in [0.4, 0.5) is 5.95 Å². The quantitative estimate of drug-likeness (QED) is 0.525. The molecule has 3 heterocycles. The predicted molar refractivity (Wildman–Crippen MR) is 110 cm³/mol. The molecular formula is C20H24ClN5O2. The first-order valence-corrected chi connectivity index (χ1v) is 9.28. The highest BCUT2D eigenvalue weighted by Crippen LogP contribution is 2.33. The number of pyridine rings is 1. The molecule has 7 nitrogen and oxygen atoms in total. The second kappa shape index (κ2) is 7.05. The minimum Gasteiger partial charge on any atom is -0.496 e. The molecule has 0 aromatic carbocycles. The monoisotopic (exact) mass is 401 g/mol. The van der Waals surface area contributed by atoms with Gasteiger partial charge in [-0.2, -0.15) is 4.98 Å². The van der Waals surface area contributed by atoms with E-state index in [4.69, 9.17) is 22.1 Å². The van der Waals surface area contributed by atoms with Crippen molar-refractivity contribution in [2.24, 2.45) is 5.41 Å². The number of hydrogen-bond donors (Lipinski definition) is 1. The van der Waals surface area contributed by atoms with Crippen molar-refractivity contribution in [3.8, 4) is 5.75 Å². The summed E-state index contributed by atoms with van der Waals surface area (Å²) in [5.41, 5.74) is 8.91. The number of aryl methyl sites for hydroxylation is 1. The van der Waals surface area contributed by atoms with Gasteiger partial charge in [-0.1, -0.05) is 32.4 Å². The average molecular weight is 402 g/mol. The molecule has 28 heavy (non-hydrogen) atoms. The number of carbonyl (C=O) groups excluding carboxylic acids is 1. The summed E-state index contributed by atoms with van der Waals surface area (Å²) in [5, 5.41) is 0.674. The zero-order valence-corrected chi connectivity index (χ0v) is 17.7. The maximum Gasteiger partial charge on any atom is 0.223 e. The molecule has 0 unspecified atom stereocenters. The molecule has 0 fully saturated rings. The molecule has 0 saturated heterocycles. The lowest BCUT2D eigenvalue weighted by atomic mass is 9.87. The number of Topliss-reactive ketones (excluding diaryl/α,β-unsaturated/α-hetero) is 1. The SMILES string of the molecule is COc1c(C)cnc(Cn2cc(C(=O)C(C)(C)C)c3c(Cl)nc(N)nc32)c1C. The number of rotatable bonds is 4. The first-order chi connectivity index (χ1) is 13.0. The smallest absolute Gasteiger partial charge is 0.223 e. The van der Waals surface area contributed by atoms with Crippen LogP contribution in [0.15, 0.2) is 12.4 Å². The Kier molecular flexibility index (Phi) is 5.06. The van der Waals surface area contributed by atoms with E-state index in [9.17, 15) is 4.79 Å². The van der Waals surface area contributed by atoms with Gasteiger partial charge in [0.25, 0.3) is 0 Å². The van der Waals surface area contributed by atoms with Crippen molar-refractivity contribution in [1.29, 1.82) is 0 Å². The number of methoxy groups -OCH3 is 1. The molecule has 0 aliphatic carbocycles. The largest absolute Gasteiger partial charge is 0.496 e. The van der Waals surface area contributed by atoms with Crippen molar-refractivity contribution in [3.63, 3.8) is 0 Å². The lowest BCUT2D eigenvalue weighted by Gasteiger charge is -2.15. The minimum absolute atomic E-state index is 0.0438. The lowest BCUT2D eigenvalue weighted by molar-refractivity contribution is 0.0860. The Hall–Kier alpha value is -2.67. The number of halogens is 1. The van der Waals surface area contributed by atoms with Gasteiger partial charge in [0.2, 0.25) is 5.95 Å². The van der Waals surface area contributed by atoms with Gasteiger partial charge in [0.1, 0.15) is 16.5 Å². The first kappa shape index (κ1) is 20.1. The Morgan fingerprint density at radius 2 is 1.96 bits per heavy atom. The zero-order valence-electron chi connectivity index (χ0n) is 16.9. The molecule has 3 aromatic heterocycles. The molecule has 3 aromatic rings. The third-order valence-electron chi connectivity index (χ3n) is 4.69. The Labute approximate surface area is 168 Å². The van der Waals surface area contributed by atoms with Gasteiger partial charge in [-0.05, 0) is 13.8 Å². The molecule has 0 amide bonds. The van der Waals surface area contributed by atoms with Gasteiger partial charge in [-0.3, -0.25) is 9.78 Å². The molecule has 0 bridgehead atoms. The molecular weight excluding hydrogens is 378 g/mol. The topological polar surface area (TPSA) is 95.9 Å². The van der Waals surface area contributed by atoms with Crippen LogP contribution in [0.25, 0.3) is 11.0 Å². The maximum atomic E-state index is 13.0. The number of hydrogen-bond acceptors (Lipinski definition) is 6. The van der Waals surface area contributed by atoms with Crippen LogP contribution >= 0.6 is 11.6 Å². The summed E-state index contributed by atoms with van der Waals surface area (Å²) in [6, 6.07) is 0. The average Bonchev–Trinajstić information content (AvgIpc) is 2.95. The fourth-order valence-corrected chi connectivity index (χ4v) is 3.52. The number of nitrogen functional groups attached to an aromatic ring is 1. The van der Waals surface area contributed by atoms with Gasteiger partial charge >= 0.3 is 0 Å². The van der Waals surface area contributed by atoms with E-state index in [1.165, 1.54) is 0 Å². The van der Waals surface area contributed by atoms with E-state index in [2.05, 4.69) is 15.0 Å². The van der Waals surface area contributed by atoms with Gasteiger partial charge in [-0.15, -0.1) is 0 Å². The number of fused-ring (bicyclic) bond motifs is 1. The number of nitrogens with two attached hydrogens (primary N) is 1. The van der Waals surface area contributed by atoms with Crippen LogP contribution in [0.1, 0.15) is 48.0 Å². The first-order valence-electron chi connectivity index (χ1n) is 8.90. The summed E-state index contributed by atoms with van der Waals surface area (Å²) < 4.78 is 7.33. The molecule has 0 aliphatic heterocycles. The van der Waals surface area contributed by atoms with Crippen LogP contribution in [0, 0.1) is 19.3 Å². The summed E-state index contributed by atoms with van der Waals surface area (Å²) in [4.78, 5) is 25.9. The second-order valence-electron chi connectivity index (χ2n) is 7.87. The third-order valence-corrected chi connectivity index (χ3v) is 4.96. The van der Waals surface area contributed by atoms with E-state index >= 15 is 0 Å². The summed E-state index contributed by atoms with van der Waals surface area (Å²) in [6.45, 7) is 9.88. The zero-order chi connectivity index (χ0) is 20.8. The molecule has 2 N–H and O–H groups in total. The lowest BCUT2D eigenvalue weighted by Crippen LogP contribution is -2.20. The van der Waals surface area contributed by atoms with Crippen LogP contribution in [-0.2, 0) is 6.54 Å². The molecule has 148 valence electrons. The Bertz CT molecular complexity index is 1080. The van der Waals surface area contributed by atoms with Crippen molar-refractivity contribution in [2.75, 3.05) is 12.8 Å². The van der Waals surface area contributed by atoms with E-state index in [0.717, 1.165) is 22.6 Å². The summed E-state index contributed by atoms with van der Waals surface area (Å²) in [5.74, 6) is 0.801. The number of aromatic nitrogens is 4. The van der Waals surface area contributed by atoms with Crippen molar-refractivity contribution in [1.82, 2.24) is 19.5 Å². The van der Waals surface area contributed by atoms with E-state index in [1.807, 2.05) is 39.2 Å². The maximum absolute atomic E-state index is 13.0. The van der Waals surface area contributed by atoms with Crippen LogP contribution in [0.5, 0.6) is 5.75 Å². The van der Waals surface area contributed by atoms with Crippen molar-refractivity contribution >= 4 is 34.4 Å². The van der Waals surface area contributed by atoms with Crippen molar-refractivity contribution in [2.45, 2.75) is 41.2 Å². The van der Waals surface area contributed by atoms with Crippen molar-refractivity contribution in [3.05, 3.63) is 39.9 Å². The Morgan fingerprint density at radius 3 is 2.57 bits per heavy atom. The van der Waals surface area contributed by atoms with Gasteiger partial charge in [0.15, 0.2) is 5.78 Å². The Balaban J connectivity index is 2.21.